The largest absolute Gasteiger partial charge is 0.294 e. The number of aromatic nitrogens is 1. The molecule has 1 aromatic heterocycles. The minimum atomic E-state index is 0.818. The van der Waals surface area contributed by atoms with Crippen molar-refractivity contribution in [3.8, 4) is 0 Å². The van der Waals surface area contributed by atoms with Gasteiger partial charge in [0.15, 0.2) is 0 Å². The van der Waals surface area contributed by atoms with Gasteiger partial charge in [-0.15, -0.1) is 0 Å². The van der Waals surface area contributed by atoms with Crippen LogP contribution in [0.3, 0.4) is 0 Å². The number of aryl methyl sites for hydroxylation is 1. The van der Waals surface area contributed by atoms with Crippen LogP contribution in [0, 0.1) is 0 Å². The topological polar surface area (TPSA) is 22.0 Å². The average Bonchev–Trinajstić information content (AvgIpc) is 2.33. The summed E-state index contributed by atoms with van der Waals surface area (Å²) in [6.45, 7) is 2.02. The molecule has 2 nitrogen and oxygen atoms in total. The molecule has 0 unspecified atom stereocenters. The van der Waals surface area contributed by atoms with Crippen LogP contribution in [0.15, 0.2) is 18.3 Å². The molecule has 2 heteroatoms. The normalized spacial score (nSPS) is 9.44. The van der Waals surface area contributed by atoms with Gasteiger partial charge in [-0.05, 0) is 18.6 Å². The SMILES string of the molecule is CCc1cccn1C=O. The van der Waals surface area contributed by atoms with Gasteiger partial charge in [-0.2, -0.15) is 0 Å². The van der Waals surface area contributed by atoms with Crippen molar-refractivity contribution in [1.29, 1.82) is 0 Å². The molecule has 0 aliphatic carbocycles. The molecule has 0 N–H and O–H groups in total. The van der Waals surface area contributed by atoms with Crippen molar-refractivity contribution in [3.05, 3.63) is 24.0 Å². The molecule has 0 bridgehead atoms. The predicted molar refractivity (Wildman–Crippen MR) is 36.0 cm³/mol. The minimum Gasteiger partial charge on any atom is -0.294 e. The van der Waals surface area contributed by atoms with E-state index in [-0.39, 0.29) is 0 Å². The highest BCUT2D eigenvalue weighted by Gasteiger charge is 1.92. The molecule has 0 spiro atoms. The van der Waals surface area contributed by atoms with Gasteiger partial charge in [0.25, 0.3) is 0 Å². The van der Waals surface area contributed by atoms with Gasteiger partial charge in [0.1, 0.15) is 0 Å². The van der Waals surface area contributed by atoms with Crippen LogP contribution in [0.2, 0.25) is 0 Å². The lowest BCUT2D eigenvalue weighted by atomic mass is 10.3. The predicted octanol–water partition coefficient (Wildman–Crippen LogP) is 1.09. The number of carbonyl (C=O) groups is 1. The Balaban J connectivity index is 2.98. The van der Waals surface area contributed by atoms with Crippen molar-refractivity contribution in [2.45, 2.75) is 13.3 Å². The highest BCUT2D eigenvalue weighted by molar-refractivity contribution is 5.53. The van der Waals surface area contributed by atoms with Crippen LogP contribution in [0.25, 0.3) is 0 Å². The van der Waals surface area contributed by atoms with Gasteiger partial charge < -0.3 is 0 Å². The van der Waals surface area contributed by atoms with E-state index in [1.807, 2.05) is 19.1 Å². The first-order valence-corrected chi connectivity index (χ1v) is 2.99. The lowest BCUT2D eigenvalue weighted by molar-refractivity contribution is 0.545. The van der Waals surface area contributed by atoms with Crippen molar-refractivity contribution in [2.24, 2.45) is 0 Å². The Morgan fingerprint density at radius 2 is 2.56 bits per heavy atom. The van der Waals surface area contributed by atoms with Gasteiger partial charge >= 0.3 is 0 Å². The molecule has 0 aliphatic rings. The standard InChI is InChI=1S/C7H9NO/c1-2-7-4-3-5-8(7)6-9/h3-6H,2H2,1H3. The molecular weight excluding hydrogens is 114 g/mol. The third kappa shape index (κ3) is 1.02. The Kier molecular flexibility index (Phi) is 1.68. The van der Waals surface area contributed by atoms with E-state index >= 15 is 0 Å². The molecule has 1 aromatic rings. The maximum absolute atomic E-state index is 10.2. The van der Waals surface area contributed by atoms with E-state index in [1.165, 1.54) is 0 Å². The summed E-state index contributed by atoms with van der Waals surface area (Å²) >= 11 is 0. The summed E-state index contributed by atoms with van der Waals surface area (Å²) in [6, 6.07) is 3.81. The minimum absolute atomic E-state index is 0.818. The molecule has 0 radical (unpaired) electrons. The first kappa shape index (κ1) is 6.08. The Labute approximate surface area is 54.1 Å². The van der Waals surface area contributed by atoms with E-state index in [1.54, 1.807) is 10.8 Å². The quantitative estimate of drug-likeness (QED) is 0.539. The Morgan fingerprint density at radius 1 is 1.78 bits per heavy atom. The van der Waals surface area contributed by atoms with Crippen molar-refractivity contribution in [3.63, 3.8) is 0 Å². The molecule has 0 saturated heterocycles. The molecule has 0 aromatic carbocycles. The molecule has 48 valence electrons. The number of rotatable bonds is 2. The third-order valence-electron chi connectivity index (χ3n) is 1.34. The van der Waals surface area contributed by atoms with Crippen LogP contribution in [0.4, 0.5) is 0 Å². The van der Waals surface area contributed by atoms with Crippen LogP contribution in [-0.4, -0.2) is 11.0 Å². The van der Waals surface area contributed by atoms with Crippen molar-refractivity contribution < 1.29 is 4.79 Å². The van der Waals surface area contributed by atoms with Gasteiger partial charge in [0, 0.05) is 11.9 Å². The Bertz CT molecular complexity index is 202. The second kappa shape index (κ2) is 2.49. The number of carbonyl (C=O) groups excluding carboxylic acids is 1. The van der Waals surface area contributed by atoms with E-state index < -0.39 is 0 Å². The zero-order valence-electron chi connectivity index (χ0n) is 5.37. The maximum atomic E-state index is 10.2. The second-order valence-electron chi connectivity index (χ2n) is 1.87. The molecule has 1 heterocycles. The average molecular weight is 123 g/mol. The zero-order valence-corrected chi connectivity index (χ0v) is 5.37. The molecule has 0 aliphatic heterocycles. The van der Waals surface area contributed by atoms with E-state index in [0.717, 1.165) is 18.5 Å². The lowest BCUT2D eigenvalue weighted by Crippen LogP contribution is -1.96. The van der Waals surface area contributed by atoms with Crippen molar-refractivity contribution >= 4 is 6.41 Å². The van der Waals surface area contributed by atoms with Gasteiger partial charge in [-0.3, -0.25) is 9.36 Å². The molecule has 9 heavy (non-hydrogen) atoms. The van der Waals surface area contributed by atoms with Crippen molar-refractivity contribution in [2.75, 3.05) is 0 Å². The molecule has 1 rings (SSSR count). The number of hydrogen-bond acceptors (Lipinski definition) is 1. The summed E-state index contributed by atoms with van der Waals surface area (Å²) in [6.07, 6.45) is 3.48. The highest BCUT2D eigenvalue weighted by atomic mass is 16.1. The van der Waals surface area contributed by atoms with Crippen LogP contribution in [-0.2, 0) is 11.2 Å². The smallest absolute Gasteiger partial charge is 0.217 e. The maximum Gasteiger partial charge on any atom is 0.217 e. The fourth-order valence-corrected chi connectivity index (χ4v) is 0.832. The number of nitrogens with zero attached hydrogens (tertiary/aromatic N) is 1. The molecular formula is C7H9NO. The first-order chi connectivity index (χ1) is 4.38. The van der Waals surface area contributed by atoms with E-state index in [9.17, 15) is 4.79 Å². The van der Waals surface area contributed by atoms with Crippen LogP contribution < -0.4 is 0 Å². The lowest BCUT2D eigenvalue weighted by Gasteiger charge is -1.93. The van der Waals surface area contributed by atoms with E-state index in [2.05, 4.69) is 0 Å². The summed E-state index contributed by atoms with van der Waals surface area (Å²) < 4.78 is 1.58. The molecule has 0 atom stereocenters. The van der Waals surface area contributed by atoms with E-state index in [0.29, 0.717) is 0 Å². The van der Waals surface area contributed by atoms with Gasteiger partial charge in [0.05, 0.1) is 0 Å². The highest BCUT2D eigenvalue weighted by Crippen LogP contribution is 1.98. The fraction of sp³-hybridized carbons (Fsp3) is 0.286. The zero-order chi connectivity index (χ0) is 6.69. The monoisotopic (exact) mass is 123 g/mol. The van der Waals surface area contributed by atoms with Gasteiger partial charge in [-0.1, -0.05) is 6.92 Å². The van der Waals surface area contributed by atoms with Gasteiger partial charge in [-0.25, -0.2) is 0 Å². The second-order valence-corrected chi connectivity index (χ2v) is 1.87. The molecule has 0 amide bonds. The summed E-state index contributed by atoms with van der Waals surface area (Å²) in [5.74, 6) is 0. The third-order valence-corrected chi connectivity index (χ3v) is 1.34. The van der Waals surface area contributed by atoms with Gasteiger partial charge in [0.2, 0.25) is 6.41 Å². The molecule has 0 fully saturated rings. The fourth-order valence-electron chi connectivity index (χ4n) is 0.832. The first-order valence-electron chi connectivity index (χ1n) is 2.99. The van der Waals surface area contributed by atoms with E-state index in [4.69, 9.17) is 0 Å². The number of hydrogen-bond donors (Lipinski definition) is 0. The van der Waals surface area contributed by atoms with Crippen LogP contribution in [0.1, 0.15) is 12.6 Å². The summed E-state index contributed by atoms with van der Waals surface area (Å²) in [7, 11) is 0. The molecule has 0 saturated carbocycles. The van der Waals surface area contributed by atoms with Crippen LogP contribution in [0.5, 0.6) is 0 Å². The summed E-state index contributed by atoms with van der Waals surface area (Å²) in [5.41, 5.74) is 1.06. The van der Waals surface area contributed by atoms with Crippen LogP contribution >= 0.6 is 0 Å². The Morgan fingerprint density at radius 3 is 3.00 bits per heavy atom. The summed E-state index contributed by atoms with van der Waals surface area (Å²) in [5, 5.41) is 0. The Hall–Kier alpha value is -1.05. The van der Waals surface area contributed by atoms with Crippen molar-refractivity contribution in [1.82, 2.24) is 4.57 Å². The summed E-state index contributed by atoms with van der Waals surface area (Å²) in [4.78, 5) is 10.2.